The van der Waals surface area contributed by atoms with Gasteiger partial charge in [-0.15, -0.1) is 0 Å². The zero-order valence-corrected chi connectivity index (χ0v) is 16.9. The van der Waals surface area contributed by atoms with Crippen LogP contribution in [0.5, 0.6) is 0 Å². The maximum atomic E-state index is 12.5. The fraction of sp³-hybridized carbons (Fsp3) is 0.0909. The van der Waals surface area contributed by atoms with Crippen LogP contribution in [-0.2, 0) is 0 Å². The van der Waals surface area contributed by atoms with E-state index in [1.807, 2.05) is 24.3 Å². The molecule has 0 spiro atoms. The average Bonchev–Trinajstić information content (AvgIpc) is 3.26. The molecule has 0 saturated heterocycles. The lowest BCUT2D eigenvalue weighted by molar-refractivity contribution is 0.102. The molecule has 2 heterocycles. The normalized spacial score (nSPS) is 10.7. The Balaban J connectivity index is 1.41. The highest BCUT2D eigenvalue weighted by atomic mass is 32.2. The van der Waals surface area contributed by atoms with Gasteiger partial charge in [0.05, 0.1) is 5.56 Å². The molecule has 7 heteroatoms. The smallest absolute Gasteiger partial charge is 0.257 e. The number of pyridine rings is 1. The van der Waals surface area contributed by atoms with Gasteiger partial charge in [-0.05, 0) is 61.9 Å². The fourth-order valence-corrected chi connectivity index (χ4v) is 3.71. The second-order valence-corrected chi connectivity index (χ2v) is 7.71. The van der Waals surface area contributed by atoms with E-state index in [1.54, 1.807) is 30.2 Å². The summed E-state index contributed by atoms with van der Waals surface area (Å²) in [6.45, 7) is 4.21. The molecular formula is C22H19N5OS. The van der Waals surface area contributed by atoms with Crippen LogP contribution in [0.4, 0.5) is 5.69 Å². The summed E-state index contributed by atoms with van der Waals surface area (Å²) in [4.78, 5) is 23.0. The van der Waals surface area contributed by atoms with Crippen LogP contribution in [0.3, 0.4) is 0 Å². The second-order valence-electron chi connectivity index (χ2n) is 6.59. The standard InChI is InChI=1S/C22H19N5OS/c1-15-3-9-20(16(2)11-15)29-19-7-5-18(6-8-19)26-22(28)17-4-10-21(24-12-17)27-14-23-13-25-27/h3-14H,1-2H3,(H,26,28). The first-order valence-corrected chi connectivity index (χ1v) is 9.88. The van der Waals surface area contributed by atoms with E-state index in [4.69, 9.17) is 0 Å². The lowest BCUT2D eigenvalue weighted by Gasteiger charge is -2.09. The van der Waals surface area contributed by atoms with Crippen molar-refractivity contribution in [3.05, 3.63) is 90.1 Å². The molecule has 1 amide bonds. The molecule has 0 aliphatic carbocycles. The van der Waals surface area contributed by atoms with Gasteiger partial charge in [-0.3, -0.25) is 4.79 Å². The third kappa shape index (κ3) is 4.52. The van der Waals surface area contributed by atoms with Gasteiger partial charge >= 0.3 is 0 Å². The monoisotopic (exact) mass is 401 g/mol. The number of aryl methyl sites for hydroxylation is 2. The Bertz CT molecular complexity index is 1120. The summed E-state index contributed by atoms with van der Waals surface area (Å²) in [6.07, 6.45) is 4.51. The van der Waals surface area contributed by atoms with Gasteiger partial charge in [0.25, 0.3) is 5.91 Å². The average molecular weight is 401 g/mol. The maximum Gasteiger partial charge on any atom is 0.257 e. The van der Waals surface area contributed by atoms with Gasteiger partial charge in [0, 0.05) is 21.7 Å². The van der Waals surface area contributed by atoms with Crippen LogP contribution < -0.4 is 5.32 Å². The van der Waals surface area contributed by atoms with Crippen LogP contribution in [0.2, 0.25) is 0 Å². The van der Waals surface area contributed by atoms with E-state index in [0.717, 1.165) is 10.6 Å². The number of nitrogens with one attached hydrogen (secondary N) is 1. The molecule has 0 atom stereocenters. The van der Waals surface area contributed by atoms with E-state index in [0.29, 0.717) is 11.4 Å². The van der Waals surface area contributed by atoms with Crippen molar-refractivity contribution in [2.45, 2.75) is 23.6 Å². The molecule has 0 unspecified atom stereocenters. The number of nitrogens with zero attached hydrogens (tertiary/aromatic N) is 4. The van der Waals surface area contributed by atoms with E-state index < -0.39 is 0 Å². The number of rotatable bonds is 5. The van der Waals surface area contributed by atoms with Crippen LogP contribution in [0, 0.1) is 13.8 Å². The quantitative estimate of drug-likeness (QED) is 0.525. The van der Waals surface area contributed by atoms with Gasteiger partial charge in [0.15, 0.2) is 5.82 Å². The molecule has 0 aliphatic rings. The number of hydrogen-bond donors (Lipinski definition) is 1. The lowest BCUT2D eigenvalue weighted by atomic mass is 10.2. The molecule has 6 nitrogen and oxygen atoms in total. The van der Waals surface area contributed by atoms with Crippen molar-refractivity contribution < 1.29 is 4.79 Å². The van der Waals surface area contributed by atoms with E-state index in [9.17, 15) is 4.79 Å². The summed E-state index contributed by atoms with van der Waals surface area (Å²) >= 11 is 1.71. The molecule has 0 fully saturated rings. The van der Waals surface area contributed by atoms with Gasteiger partial charge < -0.3 is 5.32 Å². The van der Waals surface area contributed by atoms with E-state index in [-0.39, 0.29) is 5.91 Å². The molecule has 0 saturated carbocycles. The SMILES string of the molecule is Cc1ccc(Sc2ccc(NC(=O)c3ccc(-n4cncn4)nc3)cc2)c(C)c1. The van der Waals surface area contributed by atoms with Crippen molar-refractivity contribution >= 4 is 23.4 Å². The molecule has 0 aliphatic heterocycles. The van der Waals surface area contributed by atoms with Crippen molar-refractivity contribution in [2.75, 3.05) is 5.32 Å². The Hall–Kier alpha value is -3.45. The molecule has 2 aromatic carbocycles. The van der Waals surface area contributed by atoms with Crippen molar-refractivity contribution in [3.63, 3.8) is 0 Å². The van der Waals surface area contributed by atoms with Gasteiger partial charge in [0.2, 0.25) is 0 Å². The summed E-state index contributed by atoms with van der Waals surface area (Å²) in [5.41, 5.74) is 3.73. The third-order valence-corrected chi connectivity index (χ3v) is 5.52. The zero-order chi connectivity index (χ0) is 20.2. The molecule has 0 radical (unpaired) electrons. The minimum atomic E-state index is -0.211. The van der Waals surface area contributed by atoms with E-state index in [1.165, 1.54) is 33.2 Å². The number of anilines is 1. The highest BCUT2D eigenvalue weighted by molar-refractivity contribution is 7.99. The summed E-state index contributed by atoms with van der Waals surface area (Å²) in [6, 6.07) is 17.7. The molecule has 0 bridgehead atoms. The van der Waals surface area contributed by atoms with E-state index in [2.05, 4.69) is 52.4 Å². The second kappa shape index (κ2) is 8.28. The minimum absolute atomic E-state index is 0.211. The Morgan fingerprint density at radius 1 is 1.03 bits per heavy atom. The number of carbonyl (C=O) groups excluding carboxylic acids is 1. The Morgan fingerprint density at radius 3 is 2.52 bits per heavy atom. The van der Waals surface area contributed by atoms with E-state index >= 15 is 0 Å². The number of hydrogen-bond acceptors (Lipinski definition) is 5. The topological polar surface area (TPSA) is 72.7 Å². The largest absolute Gasteiger partial charge is 0.322 e. The third-order valence-electron chi connectivity index (χ3n) is 4.33. The first kappa shape index (κ1) is 18.9. The number of benzene rings is 2. The van der Waals surface area contributed by atoms with Crippen LogP contribution >= 0.6 is 11.8 Å². The molecule has 144 valence electrons. The number of aromatic nitrogens is 4. The predicted molar refractivity (Wildman–Crippen MR) is 114 cm³/mol. The molecular weight excluding hydrogens is 382 g/mol. The first-order chi connectivity index (χ1) is 14.1. The van der Waals surface area contributed by atoms with Gasteiger partial charge in [-0.2, -0.15) is 5.10 Å². The van der Waals surface area contributed by atoms with Gasteiger partial charge in [-0.25, -0.2) is 14.6 Å². The van der Waals surface area contributed by atoms with Crippen LogP contribution in [0.15, 0.2) is 83.2 Å². The number of carbonyl (C=O) groups is 1. The molecule has 4 rings (SSSR count). The zero-order valence-electron chi connectivity index (χ0n) is 16.0. The summed E-state index contributed by atoms with van der Waals surface area (Å²) in [7, 11) is 0. The highest BCUT2D eigenvalue weighted by Gasteiger charge is 2.08. The van der Waals surface area contributed by atoms with Crippen molar-refractivity contribution in [2.24, 2.45) is 0 Å². The molecule has 2 aromatic heterocycles. The fourth-order valence-electron chi connectivity index (χ4n) is 2.83. The predicted octanol–water partition coefficient (Wildman–Crippen LogP) is 4.68. The van der Waals surface area contributed by atoms with Crippen LogP contribution in [0.1, 0.15) is 21.5 Å². The lowest BCUT2D eigenvalue weighted by Crippen LogP contribution is -2.12. The number of amides is 1. The molecule has 4 aromatic rings. The van der Waals surface area contributed by atoms with Gasteiger partial charge in [-0.1, -0.05) is 29.5 Å². The van der Waals surface area contributed by atoms with Crippen LogP contribution in [-0.4, -0.2) is 25.7 Å². The van der Waals surface area contributed by atoms with Crippen molar-refractivity contribution in [3.8, 4) is 5.82 Å². The minimum Gasteiger partial charge on any atom is -0.322 e. The first-order valence-electron chi connectivity index (χ1n) is 9.06. The van der Waals surface area contributed by atoms with Crippen molar-refractivity contribution in [1.29, 1.82) is 0 Å². The van der Waals surface area contributed by atoms with Crippen molar-refractivity contribution in [1.82, 2.24) is 19.7 Å². The summed E-state index contributed by atoms with van der Waals surface area (Å²) in [5, 5.41) is 6.92. The summed E-state index contributed by atoms with van der Waals surface area (Å²) in [5.74, 6) is 0.393. The van der Waals surface area contributed by atoms with Crippen LogP contribution in [0.25, 0.3) is 5.82 Å². The Kier molecular flexibility index (Phi) is 5.39. The molecule has 1 N–H and O–H groups in total. The highest BCUT2D eigenvalue weighted by Crippen LogP contribution is 2.31. The van der Waals surface area contributed by atoms with Gasteiger partial charge in [0.1, 0.15) is 12.7 Å². The molecule has 29 heavy (non-hydrogen) atoms. The Morgan fingerprint density at radius 2 is 1.86 bits per heavy atom. The summed E-state index contributed by atoms with van der Waals surface area (Å²) < 4.78 is 1.54. The Labute approximate surface area is 173 Å². The maximum absolute atomic E-state index is 12.5.